The van der Waals surface area contributed by atoms with Gasteiger partial charge in [0.2, 0.25) is 5.91 Å². The van der Waals surface area contributed by atoms with Crippen molar-refractivity contribution in [1.82, 2.24) is 10.2 Å². The second kappa shape index (κ2) is 5.43. The number of nitrogens with zero attached hydrogens (tertiary/aromatic N) is 1. The van der Waals surface area contributed by atoms with Crippen LogP contribution in [0.15, 0.2) is 0 Å². The first kappa shape index (κ1) is 12.7. The second-order valence-electron chi connectivity index (χ2n) is 3.21. The molecule has 0 aliphatic heterocycles. The fraction of sp³-hybridized carbons (Fsp3) is 0.750. The van der Waals surface area contributed by atoms with Crippen LogP contribution in [0, 0.1) is 0 Å². The van der Waals surface area contributed by atoms with Crippen molar-refractivity contribution in [2.24, 2.45) is 5.73 Å². The minimum absolute atomic E-state index is 0.120. The van der Waals surface area contributed by atoms with Gasteiger partial charge < -0.3 is 21.1 Å². The van der Waals surface area contributed by atoms with Crippen LogP contribution in [0.4, 0.5) is 4.79 Å². The van der Waals surface area contributed by atoms with Crippen LogP contribution in [-0.2, 0) is 4.79 Å². The highest BCUT2D eigenvalue weighted by atomic mass is 16.3. The first-order valence-electron chi connectivity index (χ1n) is 4.33. The highest BCUT2D eigenvalue weighted by molar-refractivity contribution is 5.86. The van der Waals surface area contributed by atoms with Gasteiger partial charge in [0.15, 0.2) is 0 Å². The number of primary amides is 1. The molecule has 14 heavy (non-hydrogen) atoms. The van der Waals surface area contributed by atoms with Crippen molar-refractivity contribution in [1.29, 1.82) is 0 Å². The van der Waals surface area contributed by atoms with Crippen LogP contribution in [0.25, 0.3) is 0 Å². The number of aliphatic hydroxyl groups excluding tert-OH is 1. The molecule has 0 fully saturated rings. The lowest BCUT2D eigenvalue weighted by Crippen LogP contribution is -2.50. The first-order valence-corrected chi connectivity index (χ1v) is 4.33. The molecule has 0 saturated heterocycles. The number of hydrogen-bond donors (Lipinski definition) is 3. The van der Waals surface area contributed by atoms with E-state index in [1.165, 1.54) is 11.8 Å². The molecular weight excluding hydrogens is 186 g/mol. The summed E-state index contributed by atoms with van der Waals surface area (Å²) >= 11 is 0. The van der Waals surface area contributed by atoms with Crippen LogP contribution in [-0.4, -0.2) is 47.7 Å². The first-order chi connectivity index (χ1) is 6.40. The highest BCUT2D eigenvalue weighted by Crippen LogP contribution is 1.98. The maximum Gasteiger partial charge on any atom is 0.312 e. The van der Waals surface area contributed by atoms with Crippen LogP contribution in [0.1, 0.15) is 13.8 Å². The predicted molar refractivity (Wildman–Crippen MR) is 51.5 cm³/mol. The smallest absolute Gasteiger partial charge is 0.312 e. The fourth-order valence-corrected chi connectivity index (χ4v) is 0.920. The maximum absolute atomic E-state index is 11.5. The summed E-state index contributed by atoms with van der Waals surface area (Å²) in [4.78, 5) is 23.4. The molecule has 3 amide bonds. The van der Waals surface area contributed by atoms with Crippen LogP contribution in [0.5, 0.6) is 0 Å². The summed E-state index contributed by atoms with van der Waals surface area (Å²) in [6, 6.07) is -1.69. The topological polar surface area (TPSA) is 95.7 Å². The van der Waals surface area contributed by atoms with E-state index in [0.29, 0.717) is 0 Å². The average Bonchev–Trinajstić information content (AvgIpc) is 2.13. The van der Waals surface area contributed by atoms with Crippen molar-refractivity contribution in [3.63, 3.8) is 0 Å². The Morgan fingerprint density at radius 2 is 2.00 bits per heavy atom. The highest BCUT2D eigenvalue weighted by Gasteiger charge is 2.21. The van der Waals surface area contributed by atoms with Crippen LogP contribution >= 0.6 is 0 Å². The molecule has 2 unspecified atom stereocenters. The van der Waals surface area contributed by atoms with Gasteiger partial charge in [0.1, 0.15) is 6.04 Å². The Bertz CT molecular complexity index is 220. The molecule has 2 atom stereocenters. The van der Waals surface area contributed by atoms with Crippen molar-refractivity contribution in [2.75, 3.05) is 13.7 Å². The summed E-state index contributed by atoms with van der Waals surface area (Å²) in [5, 5.41) is 11.1. The normalized spacial score (nSPS) is 14.3. The minimum atomic E-state index is -0.740. The second-order valence-corrected chi connectivity index (χ2v) is 3.21. The average molecular weight is 203 g/mol. The Labute approximate surface area is 83.1 Å². The van der Waals surface area contributed by atoms with Gasteiger partial charge >= 0.3 is 6.03 Å². The number of nitrogens with two attached hydrogens (primary N) is 1. The number of amides is 3. The van der Waals surface area contributed by atoms with Gasteiger partial charge in [0, 0.05) is 7.05 Å². The lowest BCUT2D eigenvalue weighted by molar-refractivity contribution is -0.133. The monoisotopic (exact) mass is 203 g/mol. The quantitative estimate of drug-likeness (QED) is 0.540. The molecule has 0 radical (unpaired) electrons. The standard InChI is InChI=1S/C8H17N3O3/c1-5(4-12)11(3)7(13)6(2)10-8(9)14/h5-6,12H,4H2,1-3H3,(H3,9,10,14). The van der Waals surface area contributed by atoms with E-state index in [0.717, 1.165) is 0 Å². The fourth-order valence-electron chi connectivity index (χ4n) is 0.920. The van der Waals surface area contributed by atoms with Gasteiger partial charge in [-0.05, 0) is 13.8 Å². The predicted octanol–water partition coefficient (Wildman–Crippen LogP) is -1.12. The minimum Gasteiger partial charge on any atom is -0.394 e. The summed E-state index contributed by atoms with van der Waals surface area (Å²) in [6.45, 7) is 3.12. The molecule has 0 aliphatic carbocycles. The largest absolute Gasteiger partial charge is 0.394 e. The summed E-state index contributed by atoms with van der Waals surface area (Å²) in [5.41, 5.74) is 4.87. The van der Waals surface area contributed by atoms with Gasteiger partial charge in [0.05, 0.1) is 12.6 Å². The van der Waals surface area contributed by atoms with Gasteiger partial charge in [0.25, 0.3) is 0 Å². The molecule has 0 rings (SSSR count). The third-order valence-corrected chi connectivity index (χ3v) is 2.00. The number of aliphatic hydroxyl groups is 1. The van der Waals surface area contributed by atoms with E-state index in [2.05, 4.69) is 5.32 Å². The van der Waals surface area contributed by atoms with E-state index in [1.807, 2.05) is 0 Å². The number of nitrogens with one attached hydrogen (secondary N) is 1. The Morgan fingerprint density at radius 1 is 1.50 bits per heavy atom. The van der Waals surface area contributed by atoms with Crippen molar-refractivity contribution in [3.8, 4) is 0 Å². The molecule has 6 heteroatoms. The number of hydrogen-bond acceptors (Lipinski definition) is 3. The molecule has 6 nitrogen and oxygen atoms in total. The molecule has 0 aliphatic rings. The summed E-state index contributed by atoms with van der Waals surface area (Å²) in [6.07, 6.45) is 0. The van der Waals surface area contributed by atoms with E-state index in [4.69, 9.17) is 10.8 Å². The SMILES string of the molecule is CC(NC(N)=O)C(=O)N(C)C(C)CO. The zero-order chi connectivity index (χ0) is 11.3. The number of rotatable bonds is 4. The molecule has 0 spiro atoms. The Morgan fingerprint density at radius 3 is 2.36 bits per heavy atom. The molecule has 0 saturated carbocycles. The van der Waals surface area contributed by atoms with Crippen LogP contribution in [0.3, 0.4) is 0 Å². The molecule has 0 heterocycles. The summed E-state index contributed by atoms with van der Waals surface area (Å²) < 4.78 is 0. The summed E-state index contributed by atoms with van der Waals surface area (Å²) in [5.74, 6) is -0.287. The van der Waals surface area contributed by atoms with Crippen molar-refractivity contribution in [2.45, 2.75) is 25.9 Å². The Hall–Kier alpha value is -1.30. The lowest BCUT2D eigenvalue weighted by Gasteiger charge is -2.26. The van der Waals surface area contributed by atoms with Crippen molar-refractivity contribution in [3.05, 3.63) is 0 Å². The number of carbonyl (C=O) groups excluding carboxylic acids is 2. The van der Waals surface area contributed by atoms with Crippen LogP contribution < -0.4 is 11.1 Å². The molecule has 0 aromatic rings. The molecular formula is C8H17N3O3. The zero-order valence-electron chi connectivity index (χ0n) is 8.65. The maximum atomic E-state index is 11.5. The Balaban J connectivity index is 4.23. The molecule has 0 aromatic carbocycles. The van der Waals surface area contributed by atoms with Gasteiger partial charge in [-0.2, -0.15) is 0 Å². The third kappa shape index (κ3) is 3.61. The van der Waals surface area contributed by atoms with Gasteiger partial charge in [-0.15, -0.1) is 0 Å². The molecule has 4 N–H and O–H groups in total. The third-order valence-electron chi connectivity index (χ3n) is 2.00. The van der Waals surface area contributed by atoms with Crippen LogP contribution in [0.2, 0.25) is 0 Å². The number of likely N-dealkylation sites (N-methyl/N-ethyl adjacent to an activating group) is 1. The van der Waals surface area contributed by atoms with E-state index < -0.39 is 12.1 Å². The van der Waals surface area contributed by atoms with E-state index in [9.17, 15) is 9.59 Å². The molecule has 0 bridgehead atoms. The van der Waals surface area contributed by atoms with E-state index in [-0.39, 0.29) is 18.6 Å². The summed E-state index contributed by atoms with van der Waals surface area (Å²) in [7, 11) is 1.56. The molecule has 0 aromatic heterocycles. The van der Waals surface area contributed by atoms with Gasteiger partial charge in [-0.25, -0.2) is 4.79 Å². The Kier molecular flexibility index (Phi) is 4.93. The van der Waals surface area contributed by atoms with E-state index >= 15 is 0 Å². The number of carbonyl (C=O) groups is 2. The molecule has 82 valence electrons. The van der Waals surface area contributed by atoms with E-state index in [1.54, 1.807) is 14.0 Å². The van der Waals surface area contributed by atoms with Crippen molar-refractivity contribution < 1.29 is 14.7 Å². The number of urea groups is 1. The van der Waals surface area contributed by atoms with Gasteiger partial charge in [-0.1, -0.05) is 0 Å². The zero-order valence-corrected chi connectivity index (χ0v) is 8.65. The van der Waals surface area contributed by atoms with Gasteiger partial charge in [-0.3, -0.25) is 4.79 Å². The lowest BCUT2D eigenvalue weighted by atomic mass is 10.2. The van der Waals surface area contributed by atoms with Crippen molar-refractivity contribution >= 4 is 11.9 Å².